The minimum absolute atomic E-state index is 0.176. The highest BCUT2D eigenvalue weighted by Gasteiger charge is 2.01. The summed E-state index contributed by atoms with van der Waals surface area (Å²) in [6.45, 7) is 0.305. The van der Waals surface area contributed by atoms with Gasteiger partial charge in [0.2, 0.25) is 0 Å². The number of halogens is 1. The van der Waals surface area contributed by atoms with Crippen molar-refractivity contribution >= 4 is 17.8 Å². The topological polar surface area (TPSA) is 35.5 Å². The Morgan fingerprint density at radius 1 is 1.21 bits per heavy atom. The van der Waals surface area contributed by atoms with E-state index in [0.717, 1.165) is 5.56 Å². The molecule has 0 unspecified atom stereocenters. The fraction of sp³-hybridized carbons (Fsp3) is 0.300. The Kier molecular flexibility index (Phi) is 4.86. The number of alkyl halides is 1. The fourth-order valence-electron chi connectivity index (χ4n) is 0.983. The van der Waals surface area contributed by atoms with E-state index in [1.165, 1.54) is 0 Å². The van der Waals surface area contributed by atoms with Crippen LogP contribution in [0.25, 0.3) is 0 Å². The summed E-state index contributed by atoms with van der Waals surface area (Å²) in [5.74, 6) is 0. The average Bonchev–Trinajstić information content (AvgIpc) is 2.20. The van der Waals surface area contributed by atoms with E-state index >= 15 is 0 Å². The van der Waals surface area contributed by atoms with E-state index in [0.29, 0.717) is 13.0 Å². The van der Waals surface area contributed by atoms with Crippen LogP contribution in [0.1, 0.15) is 5.56 Å². The largest absolute Gasteiger partial charge is 0.509 e. The van der Waals surface area contributed by atoms with E-state index in [9.17, 15) is 4.79 Å². The second-order valence-corrected chi connectivity index (χ2v) is 2.81. The van der Waals surface area contributed by atoms with Crippen LogP contribution in [-0.2, 0) is 15.9 Å². The minimum Gasteiger partial charge on any atom is -0.434 e. The molecular formula is C10H11ClO3. The van der Waals surface area contributed by atoms with Crippen LogP contribution < -0.4 is 0 Å². The molecule has 0 aliphatic heterocycles. The molecule has 0 radical (unpaired) electrons. The molecule has 14 heavy (non-hydrogen) atoms. The van der Waals surface area contributed by atoms with Crippen molar-refractivity contribution in [2.75, 3.05) is 12.7 Å². The lowest BCUT2D eigenvalue weighted by molar-refractivity contribution is 0.0687. The Labute approximate surface area is 87.6 Å². The van der Waals surface area contributed by atoms with Gasteiger partial charge in [-0.25, -0.2) is 4.79 Å². The molecule has 0 saturated carbocycles. The third kappa shape index (κ3) is 4.14. The third-order valence-electron chi connectivity index (χ3n) is 1.63. The lowest BCUT2D eigenvalue weighted by Crippen LogP contribution is -2.08. The van der Waals surface area contributed by atoms with Crippen molar-refractivity contribution < 1.29 is 14.3 Å². The number of carbonyl (C=O) groups is 1. The molecule has 0 spiro atoms. The maximum absolute atomic E-state index is 10.7. The predicted octanol–water partition coefficient (Wildman–Crippen LogP) is 2.58. The molecule has 0 bridgehead atoms. The molecular weight excluding hydrogens is 204 g/mol. The molecule has 76 valence electrons. The highest BCUT2D eigenvalue weighted by atomic mass is 35.5. The Morgan fingerprint density at radius 3 is 2.57 bits per heavy atom. The first-order chi connectivity index (χ1) is 6.83. The van der Waals surface area contributed by atoms with Gasteiger partial charge in [0.15, 0.2) is 6.07 Å². The summed E-state index contributed by atoms with van der Waals surface area (Å²) in [6.07, 6.45) is -0.0472. The zero-order valence-corrected chi connectivity index (χ0v) is 8.37. The van der Waals surface area contributed by atoms with Crippen molar-refractivity contribution in [2.24, 2.45) is 0 Å². The summed E-state index contributed by atoms with van der Waals surface area (Å²) in [5.41, 5.74) is 1.12. The number of benzene rings is 1. The predicted molar refractivity (Wildman–Crippen MR) is 53.3 cm³/mol. The first-order valence-electron chi connectivity index (χ1n) is 4.22. The molecule has 4 heteroatoms. The molecule has 1 aromatic rings. The van der Waals surface area contributed by atoms with E-state index in [4.69, 9.17) is 16.3 Å². The van der Waals surface area contributed by atoms with Gasteiger partial charge < -0.3 is 9.47 Å². The van der Waals surface area contributed by atoms with Crippen LogP contribution >= 0.6 is 11.6 Å². The zero-order valence-electron chi connectivity index (χ0n) is 7.61. The van der Waals surface area contributed by atoms with Gasteiger partial charge in [-0.15, -0.1) is 0 Å². The van der Waals surface area contributed by atoms with E-state index in [2.05, 4.69) is 4.74 Å². The van der Waals surface area contributed by atoms with Crippen LogP contribution in [0.4, 0.5) is 4.79 Å². The molecule has 0 fully saturated rings. The summed E-state index contributed by atoms with van der Waals surface area (Å²) in [5, 5.41) is 0. The van der Waals surface area contributed by atoms with Gasteiger partial charge in [0, 0.05) is 6.42 Å². The Morgan fingerprint density at radius 2 is 1.93 bits per heavy atom. The first kappa shape index (κ1) is 10.9. The van der Waals surface area contributed by atoms with Crippen LogP contribution in [0.3, 0.4) is 0 Å². The minimum atomic E-state index is -0.726. The monoisotopic (exact) mass is 214 g/mol. The smallest absolute Gasteiger partial charge is 0.434 e. The third-order valence-corrected chi connectivity index (χ3v) is 1.73. The normalized spacial score (nSPS) is 9.50. The standard InChI is InChI=1S/C10H11ClO3/c11-8-14-10(12)13-7-6-9-4-2-1-3-5-9/h1-5H,6-8H2. The molecule has 0 amide bonds. The molecule has 0 N–H and O–H groups in total. The molecule has 3 nitrogen and oxygen atoms in total. The average molecular weight is 215 g/mol. The van der Waals surface area contributed by atoms with Gasteiger partial charge >= 0.3 is 6.16 Å². The molecule has 0 heterocycles. The summed E-state index contributed by atoms with van der Waals surface area (Å²) in [4.78, 5) is 10.7. The van der Waals surface area contributed by atoms with Crippen molar-refractivity contribution in [1.29, 1.82) is 0 Å². The number of hydrogen-bond acceptors (Lipinski definition) is 3. The molecule has 1 rings (SSSR count). The highest BCUT2D eigenvalue weighted by Crippen LogP contribution is 2.00. The summed E-state index contributed by atoms with van der Waals surface area (Å²) in [7, 11) is 0. The van der Waals surface area contributed by atoms with Crippen molar-refractivity contribution in [2.45, 2.75) is 6.42 Å². The van der Waals surface area contributed by atoms with E-state index in [-0.39, 0.29) is 6.07 Å². The molecule has 0 aliphatic carbocycles. The zero-order chi connectivity index (χ0) is 10.2. The molecule has 0 atom stereocenters. The van der Waals surface area contributed by atoms with Crippen molar-refractivity contribution in [3.8, 4) is 0 Å². The van der Waals surface area contributed by atoms with Crippen LogP contribution in [0, 0.1) is 0 Å². The maximum Gasteiger partial charge on any atom is 0.509 e. The van der Waals surface area contributed by atoms with Crippen molar-refractivity contribution in [3.05, 3.63) is 35.9 Å². The Bertz CT molecular complexity index is 274. The molecule has 0 aliphatic rings. The highest BCUT2D eigenvalue weighted by molar-refractivity contribution is 6.17. The van der Waals surface area contributed by atoms with E-state index in [1.54, 1.807) is 0 Å². The second-order valence-electron chi connectivity index (χ2n) is 2.59. The first-order valence-corrected chi connectivity index (χ1v) is 4.76. The van der Waals surface area contributed by atoms with Crippen molar-refractivity contribution in [1.82, 2.24) is 0 Å². The maximum atomic E-state index is 10.7. The summed E-state index contributed by atoms with van der Waals surface area (Å²) >= 11 is 5.17. The molecule has 0 saturated heterocycles. The van der Waals surface area contributed by atoms with Crippen LogP contribution in [-0.4, -0.2) is 18.8 Å². The molecule has 0 aromatic heterocycles. The van der Waals surface area contributed by atoms with Gasteiger partial charge in [-0.1, -0.05) is 41.9 Å². The molecule has 1 aromatic carbocycles. The van der Waals surface area contributed by atoms with E-state index < -0.39 is 6.16 Å². The number of rotatable bonds is 4. The van der Waals surface area contributed by atoms with Gasteiger partial charge in [0.05, 0.1) is 6.61 Å². The second kappa shape index (κ2) is 6.27. The number of ether oxygens (including phenoxy) is 2. The van der Waals surface area contributed by atoms with Gasteiger partial charge in [0.1, 0.15) is 0 Å². The SMILES string of the molecule is O=C(OCCl)OCCc1ccccc1. The lowest BCUT2D eigenvalue weighted by atomic mass is 10.2. The number of carbonyl (C=O) groups excluding carboxylic acids is 1. The van der Waals surface area contributed by atoms with Crippen molar-refractivity contribution in [3.63, 3.8) is 0 Å². The Hall–Kier alpha value is -1.22. The van der Waals surface area contributed by atoms with Crippen LogP contribution in [0.5, 0.6) is 0 Å². The van der Waals surface area contributed by atoms with E-state index in [1.807, 2.05) is 30.3 Å². The van der Waals surface area contributed by atoms with Crippen LogP contribution in [0.15, 0.2) is 30.3 Å². The van der Waals surface area contributed by atoms with Gasteiger partial charge in [0.25, 0.3) is 0 Å². The quantitative estimate of drug-likeness (QED) is 0.571. The van der Waals surface area contributed by atoms with Gasteiger partial charge in [-0.3, -0.25) is 0 Å². The Balaban J connectivity index is 2.19. The number of hydrogen-bond donors (Lipinski definition) is 0. The van der Waals surface area contributed by atoms with Gasteiger partial charge in [-0.05, 0) is 5.56 Å². The lowest BCUT2D eigenvalue weighted by Gasteiger charge is -2.03. The van der Waals surface area contributed by atoms with Gasteiger partial charge in [-0.2, -0.15) is 0 Å². The van der Waals surface area contributed by atoms with Crippen LogP contribution in [0.2, 0.25) is 0 Å². The summed E-state index contributed by atoms with van der Waals surface area (Å²) < 4.78 is 9.12. The fourth-order valence-corrected chi connectivity index (χ4v) is 1.07. The summed E-state index contributed by atoms with van der Waals surface area (Å²) in [6, 6.07) is 9.57.